The number of aromatic nitrogens is 1. The second-order valence-electron chi connectivity index (χ2n) is 6.26. The number of halogens is 1. The number of nitrogens with zero attached hydrogens (tertiary/aromatic N) is 2. The number of nitrogens with one attached hydrogen (secondary N) is 1. The van der Waals surface area contributed by atoms with Crippen LogP contribution in [0.2, 0.25) is 0 Å². The summed E-state index contributed by atoms with van der Waals surface area (Å²) in [5, 5.41) is 3.19. The second kappa shape index (κ2) is 7.49. The maximum Gasteiger partial charge on any atom is 0.244 e. The van der Waals surface area contributed by atoms with Crippen LogP contribution in [-0.4, -0.2) is 30.8 Å². The van der Waals surface area contributed by atoms with Gasteiger partial charge in [-0.3, -0.25) is 0 Å². The molecule has 7 heteroatoms. The SMILES string of the molecule is C[C@@H](Nc1ccc(S(=O)(=O)N2CCCCC2)cn1)c1ccc(F)cc1. The number of anilines is 1. The first-order valence-electron chi connectivity index (χ1n) is 8.45. The van der Waals surface area contributed by atoms with E-state index >= 15 is 0 Å². The standard InChI is InChI=1S/C18H22FN3O2S/c1-14(15-5-7-16(19)8-6-15)21-18-10-9-17(13-20-18)25(23,24)22-11-3-2-4-12-22/h5-10,13-14H,2-4,11-12H2,1H3,(H,20,21)/t14-/m1/s1. The molecule has 0 bridgehead atoms. The van der Waals surface area contributed by atoms with E-state index in [4.69, 9.17) is 0 Å². The number of pyridine rings is 1. The van der Waals surface area contributed by atoms with Crippen LogP contribution < -0.4 is 5.32 Å². The van der Waals surface area contributed by atoms with Crippen LogP contribution in [0, 0.1) is 5.82 Å². The molecule has 5 nitrogen and oxygen atoms in total. The first-order chi connectivity index (χ1) is 12.0. The molecule has 3 rings (SSSR count). The molecule has 0 amide bonds. The van der Waals surface area contributed by atoms with Crippen molar-refractivity contribution in [3.05, 3.63) is 54.0 Å². The van der Waals surface area contributed by atoms with Gasteiger partial charge in [-0.2, -0.15) is 4.31 Å². The van der Waals surface area contributed by atoms with Gasteiger partial charge in [0.05, 0.1) is 0 Å². The highest BCUT2D eigenvalue weighted by molar-refractivity contribution is 7.89. The topological polar surface area (TPSA) is 62.3 Å². The van der Waals surface area contributed by atoms with Crippen molar-refractivity contribution in [1.82, 2.24) is 9.29 Å². The van der Waals surface area contributed by atoms with Crippen molar-refractivity contribution in [1.29, 1.82) is 0 Å². The third-order valence-electron chi connectivity index (χ3n) is 4.42. The number of rotatable bonds is 5. The Bertz CT molecular complexity index is 801. The normalized spacial score (nSPS) is 17.2. The van der Waals surface area contributed by atoms with Crippen molar-refractivity contribution in [3.8, 4) is 0 Å². The Balaban J connectivity index is 1.70. The molecule has 1 atom stereocenters. The van der Waals surface area contributed by atoms with Gasteiger partial charge in [0.15, 0.2) is 0 Å². The van der Waals surface area contributed by atoms with E-state index in [0.29, 0.717) is 18.9 Å². The van der Waals surface area contributed by atoms with Crippen LogP contribution in [-0.2, 0) is 10.0 Å². The molecule has 0 saturated carbocycles. The predicted molar refractivity (Wildman–Crippen MR) is 95.3 cm³/mol. The Morgan fingerprint density at radius 2 is 1.76 bits per heavy atom. The van der Waals surface area contributed by atoms with Crippen molar-refractivity contribution in [2.24, 2.45) is 0 Å². The average molecular weight is 363 g/mol. The number of piperidine rings is 1. The molecule has 1 fully saturated rings. The maximum absolute atomic E-state index is 13.0. The first kappa shape index (κ1) is 17.8. The fourth-order valence-corrected chi connectivity index (χ4v) is 4.39. The molecule has 1 aromatic heterocycles. The van der Waals surface area contributed by atoms with Crippen LogP contribution in [0.15, 0.2) is 47.5 Å². The van der Waals surface area contributed by atoms with Gasteiger partial charge >= 0.3 is 0 Å². The van der Waals surface area contributed by atoms with E-state index in [2.05, 4.69) is 10.3 Å². The molecule has 134 valence electrons. The molecule has 1 aromatic carbocycles. The lowest BCUT2D eigenvalue weighted by Crippen LogP contribution is -2.35. The van der Waals surface area contributed by atoms with Crippen LogP contribution in [0.3, 0.4) is 0 Å². The molecule has 0 unspecified atom stereocenters. The summed E-state index contributed by atoms with van der Waals surface area (Å²) in [6, 6.07) is 9.42. The monoisotopic (exact) mass is 363 g/mol. The molecule has 0 radical (unpaired) electrons. The highest BCUT2D eigenvalue weighted by Gasteiger charge is 2.26. The number of hydrogen-bond donors (Lipinski definition) is 1. The molecule has 0 aliphatic carbocycles. The van der Waals surface area contributed by atoms with Gasteiger partial charge < -0.3 is 5.32 Å². The van der Waals surface area contributed by atoms with Gasteiger partial charge in [0, 0.05) is 25.3 Å². The summed E-state index contributed by atoms with van der Waals surface area (Å²) in [5.41, 5.74) is 0.924. The van der Waals surface area contributed by atoms with E-state index in [1.165, 1.54) is 22.6 Å². The fourth-order valence-electron chi connectivity index (χ4n) is 2.93. The van der Waals surface area contributed by atoms with Crippen LogP contribution in [0.4, 0.5) is 10.2 Å². The van der Waals surface area contributed by atoms with Crippen LogP contribution in [0.25, 0.3) is 0 Å². The maximum atomic E-state index is 13.0. The minimum Gasteiger partial charge on any atom is -0.364 e. The summed E-state index contributed by atoms with van der Waals surface area (Å²) < 4.78 is 39.7. The Morgan fingerprint density at radius 1 is 1.08 bits per heavy atom. The van der Waals surface area contributed by atoms with Crippen molar-refractivity contribution in [2.45, 2.75) is 37.1 Å². The highest BCUT2D eigenvalue weighted by Crippen LogP contribution is 2.22. The lowest BCUT2D eigenvalue weighted by molar-refractivity contribution is 0.346. The smallest absolute Gasteiger partial charge is 0.244 e. The van der Waals surface area contributed by atoms with Gasteiger partial charge in [0.1, 0.15) is 16.5 Å². The zero-order valence-corrected chi connectivity index (χ0v) is 15.0. The number of hydrogen-bond acceptors (Lipinski definition) is 4. The van der Waals surface area contributed by atoms with Gasteiger partial charge in [-0.1, -0.05) is 18.6 Å². The lowest BCUT2D eigenvalue weighted by atomic mass is 10.1. The van der Waals surface area contributed by atoms with Gasteiger partial charge in [-0.25, -0.2) is 17.8 Å². The van der Waals surface area contributed by atoms with Crippen molar-refractivity contribution >= 4 is 15.8 Å². The van der Waals surface area contributed by atoms with E-state index in [0.717, 1.165) is 24.8 Å². The van der Waals surface area contributed by atoms with E-state index in [1.807, 2.05) is 6.92 Å². The summed E-state index contributed by atoms with van der Waals surface area (Å²) >= 11 is 0. The summed E-state index contributed by atoms with van der Waals surface area (Å²) in [4.78, 5) is 4.45. The third kappa shape index (κ3) is 4.16. The molecule has 0 spiro atoms. The summed E-state index contributed by atoms with van der Waals surface area (Å²) in [6.45, 7) is 3.08. The minimum atomic E-state index is -3.46. The van der Waals surface area contributed by atoms with Crippen LogP contribution in [0.1, 0.15) is 37.8 Å². The molecule has 2 heterocycles. The number of benzene rings is 1. The Morgan fingerprint density at radius 3 is 2.36 bits per heavy atom. The summed E-state index contributed by atoms with van der Waals surface area (Å²) in [6.07, 6.45) is 4.28. The molecule has 1 saturated heterocycles. The van der Waals surface area contributed by atoms with Crippen LogP contribution >= 0.6 is 0 Å². The molecule has 1 aliphatic heterocycles. The van der Waals surface area contributed by atoms with E-state index in [9.17, 15) is 12.8 Å². The lowest BCUT2D eigenvalue weighted by Gasteiger charge is -2.25. The molecular weight excluding hydrogens is 341 g/mol. The Hall–Kier alpha value is -1.99. The zero-order chi connectivity index (χ0) is 17.9. The summed E-state index contributed by atoms with van der Waals surface area (Å²) in [5.74, 6) is 0.302. The largest absolute Gasteiger partial charge is 0.364 e. The Kier molecular flexibility index (Phi) is 5.34. The minimum absolute atomic E-state index is 0.0716. The van der Waals surface area contributed by atoms with Gasteiger partial charge in [-0.05, 0) is 49.6 Å². The quantitative estimate of drug-likeness (QED) is 0.882. The zero-order valence-electron chi connectivity index (χ0n) is 14.2. The van der Waals surface area contributed by atoms with Gasteiger partial charge in [0.2, 0.25) is 10.0 Å². The van der Waals surface area contributed by atoms with E-state index in [-0.39, 0.29) is 16.8 Å². The van der Waals surface area contributed by atoms with Crippen molar-refractivity contribution in [3.63, 3.8) is 0 Å². The molecule has 1 N–H and O–H groups in total. The van der Waals surface area contributed by atoms with E-state index < -0.39 is 10.0 Å². The molecular formula is C18H22FN3O2S. The first-order valence-corrected chi connectivity index (χ1v) is 9.89. The van der Waals surface area contributed by atoms with Gasteiger partial charge in [0.25, 0.3) is 0 Å². The molecule has 25 heavy (non-hydrogen) atoms. The molecule has 1 aliphatic rings. The molecule has 2 aromatic rings. The van der Waals surface area contributed by atoms with Crippen molar-refractivity contribution < 1.29 is 12.8 Å². The Labute approximate surface area is 147 Å². The van der Waals surface area contributed by atoms with Crippen LogP contribution in [0.5, 0.6) is 0 Å². The predicted octanol–water partition coefficient (Wildman–Crippen LogP) is 3.57. The third-order valence-corrected chi connectivity index (χ3v) is 6.31. The summed E-state index contributed by atoms with van der Waals surface area (Å²) in [7, 11) is -3.46. The number of sulfonamides is 1. The van der Waals surface area contributed by atoms with Gasteiger partial charge in [-0.15, -0.1) is 0 Å². The van der Waals surface area contributed by atoms with E-state index in [1.54, 1.807) is 24.3 Å². The second-order valence-corrected chi connectivity index (χ2v) is 8.20. The van der Waals surface area contributed by atoms with Crippen molar-refractivity contribution in [2.75, 3.05) is 18.4 Å². The fraction of sp³-hybridized carbons (Fsp3) is 0.389. The highest BCUT2D eigenvalue weighted by atomic mass is 32.2. The average Bonchev–Trinajstić information content (AvgIpc) is 2.63.